The lowest BCUT2D eigenvalue weighted by Gasteiger charge is -2.22. The minimum atomic E-state index is -0.257. The first-order valence-corrected chi connectivity index (χ1v) is 6.39. The molecule has 0 aliphatic heterocycles. The molecule has 4 heteroatoms. The normalized spacial score (nSPS) is 12.0. The van der Waals surface area contributed by atoms with Crippen molar-refractivity contribution in [3.63, 3.8) is 0 Å². The zero-order chi connectivity index (χ0) is 11.3. The van der Waals surface area contributed by atoms with Gasteiger partial charge in [-0.3, -0.25) is 0 Å². The first-order valence-electron chi connectivity index (χ1n) is 5.00. The molecule has 0 saturated heterocycles. The average Bonchev–Trinajstić information content (AvgIpc) is 2.64. The van der Waals surface area contributed by atoms with Crippen LogP contribution in [0.4, 0.5) is 0 Å². The van der Waals surface area contributed by atoms with E-state index in [4.69, 9.17) is 9.52 Å². The van der Waals surface area contributed by atoms with Crippen LogP contribution in [0.3, 0.4) is 0 Å². The van der Waals surface area contributed by atoms with Crippen LogP contribution < -0.4 is 5.32 Å². The van der Waals surface area contributed by atoms with Gasteiger partial charge in [0.25, 0.3) is 0 Å². The van der Waals surface area contributed by atoms with E-state index in [1.165, 1.54) is 0 Å². The molecule has 0 aliphatic carbocycles. The number of rotatable bonds is 6. The Bertz CT molecular complexity index is 297. The van der Waals surface area contributed by atoms with Gasteiger partial charge in [-0.25, -0.2) is 0 Å². The smallest absolute Gasteiger partial charge is 0.118 e. The van der Waals surface area contributed by atoms with Gasteiger partial charge in [0, 0.05) is 5.54 Å². The van der Waals surface area contributed by atoms with Crippen molar-refractivity contribution in [1.82, 2.24) is 5.32 Å². The summed E-state index contributed by atoms with van der Waals surface area (Å²) in [7, 11) is 0. The standard InChI is InChI=1S/C11H19NO2S/c1-11(2,8-13)12-6-9-4-5-10(14-9)7-15-3/h4-5,12-13H,6-8H2,1-3H3. The summed E-state index contributed by atoms with van der Waals surface area (Å²) in [5, 5.41) is 12.3. The number of nitrogens with one attached hydrogen (secondary N) is 1. The maximum atomic E-state index is 9.07. The van der Waals surface area contributed by atoms with Crippen LogP contribution in [0.2, 0.25) is 0 Å². The Hall–Kier alpha value is -0.450. The SMILES string of the molecule is CSCc1ccc(CNC(C)(C)CO)o1. The first-order chi connectivity index (χ1) is 7.07. The molecular formula is C11H19NO2S. The second-order valence-corrected chi connectivity index (χ2v) is 5.06. The van der Waals surface area contributed by atoms with Gasteiger partial charge in [0.15, 0.2) is 0 Å². The summed E-state index contributed by atoms with van der Waals surface area (Å²) in [5.74, 6) is 2.82. The third kappa shape index (κ3) is 4.28. The minimum absolute atomic E-state index is 0.116. The van der Waals surface area contributed by atoms with Crippen molar-refractivity contribution in [3.8, 4) is 0 Å². The predicted octanol–water partition coefficient (Wildman–Crippen LogP) is 2.00. The molecule has 1 heterocycles. The van der Waals surface area contributed by atoms with E-state index in [9.17, 15) is 0 Å². The highest BCUT2D eigenvalue weighted by molar-refractivity contribution is 7.97. The molecule has 3 nitrogen and oxygen atoms in total. The molecule has 15 heavy (non-hydrogen) atoms. The van der Waals surface area contributed by atoms with E-state index in [1.54, 1.807) is 11.8 Å². The van der Waals surface area contributed by atoms with Gasteiger partial charge in [0.2, 0.25) is 0 Å². The van der Waals surface area contributed by atoms with E-state index in [0.717, 1.165) is 17.3 Å². The molecule has 0 radical (unpaired) electrons. The molecule has 1 aromatic rings. The fraction of sp³-hybridized carbons (Fsp3) is 0.636. The molecule has 0 atom stereocenters. The van der Waals surface area contributed by atoms with E-state index >= 15 is 0 Å². The Kier molecular flexibility index (Phi) is 4.70. The molecule has 1 aromatic heterocycles. The van der Waals surface area contributed by atoms with Gasteiger partial charge in [0.05, 0.1) is 18.9 Å². The van der Waals surface area contributed by atoms with Crippen LogP contribution in [0.5, 0.6) is 0 Å². The van der Waals surface area contributed by atoms with Crippen molar-refractivity contribution in [2.45, 2.75) is 31.7 Å². The molecule has 1 rings (SSSR count). The topological polar surface area (TPSA) is 45.4 Å². The quantitative estimate of drug-likeness (QED) is 0.783. The van der Waals surface area contributed by atoms with Crippen LogP contribution in [0.15, 0.2) is 16.5 Å². The second-order valence-electron chi connectivity index (χ2n) is 4.20. The molecule has 0 aromatic carbocycles. The van der Waals surface area contributed by atoms with Gasteiger partial charge in [-0.1, -0.05) is 0 Å². The third-order valence-corrected chi connectivity index (χ3v) is 2.71. The maximum absolute atomic E-state index is 9.07. The summed E-state index contributed by atoms with van der Waals surface area (Å²) in [6.07, 6.45) is 2.05. The van der Waals surface area contributed by atoms with Gasteiger partial charge in [-0.15, -0.1) is 0 Å². The molecule has 0 unspecified atom stereocenters. The fourth-order valence-corrected chi connectivity index (χ4v) is 1.56. The molecule has 0 aliphatic rings. The van der Waals surface area contributed by atoms with Gasteiger partial charge < -0.3 is 14.8 Å². The molecule has 0 fully saturated rings. The van der Waals surface area contributed by atoms with Gasteiger partial charge in [0.1, 0.15) is 11.5 Å². The fourth-order valence-electron chi connectivity index (χ4n) is 1.12. The van der Waals surface area contributed by atoms with Crippen LogP contribution in [-0.2, 0) is 12.3 Å². The van der Waals surface area contributed by atoms with E-state index < -0.39 is 0 Å². The Labute approximate surface area is 95.2 Å². The van der Waals surface area contributed by atoms with Crippen LogP contribution >= 0.6 is 11.8 Å². The summed E-state index contributed by atoms with van der Waals surface area (Å²) < 4.78 is 5.60. The highest BCUT2D eigenvalue weighted by Crippen LogP contribution is 2.14. The lowest BCUT2D eigenvalue weighted by molar-refractivity contribution is 0.184. The summed E-state index contributed by atoms with van der Waals surface area (Å²) >= 11 is 1.74. The number of hydrogen-bond donors (Lipinski definition) is 2. The molecule has 0 amide bonds. The average molecular weight is 229 g/mol. The zero-order valence-corrected chi connectivity index (χ0v) is 10.4. The minimum Gasteiger partial charge on any atom is -0.464 e. The molecule has 0 spiro atoms. The van der Waals surface area contributed by atoms with Crippen molar-refractivity contribution < 1.29 is 9.52 Å². The Morgan fingerprint density at radius 3 is 2.67 bits per heavy atom. The largest absolute Gasteiger partial charge is 0.464 e. The summed E-state index contributed by atoms with van der Waals surface area (Å²) in [4.78, 5) is 0. The van der Waals surface area contributed by atoms with Gasteiger partial charge in [-0.2, -0.15) is 11.8 Å². The van der Waals surface area contributed by atoms with Crippen molar-refractivity contribution >= 4 is 11.8 Å². The number of aliphatic hydroxyl groups is 1. The van der Waals surface area contributed by atoms with Gasteiger partial charge in [-0.05, 0) is 32.2 Å². The zero-order valence-electron chi connectivity index (χ0n) is 9.54. The van der Waals surface area contributed by atoms with E-state index in [2.05, 4.69) is 11.6 Å². The number of hydrogen-bond acceptors (Lipinski definition) is 4. The first kappa shape index (κ1) is 12.6. The van der Waals surface area contributed by atoms with Crippen LogP contribution in [0.1, 0.15) is 25.4 Å². The molecule has 0 saturated carbocycles. The van der Waals surface area contributed by atoms with Crippen LogP contribution in [-0.4, -0.2) is 23.5 Å². The Balaban J connectivity index is 2.44. The third-order valence-electron chi connectivity index (χ3n) is 2.14. The summed E-state index contributed by atoms with van der Waals surface area (Å²) in [5.41, 5.74) is -0.257. The number of thioether (sulfide) groups is 1. The highest BCUT2D eigenvalue weighted by Gasteiger charge is 2.15. The number of furan rings is 1. The van der Waals surface area contributed by atoms with Crippen molar-refractivity contribution in [1.29, 1.82) is 0 Å². The summed E-state index contributed by atoms with van der Waals surface area (Å²) in [6, 6.07) is 3.98. The van der Waals surface area contributed by atoms with Crippen molar-refractivity contribution in [3.05, 3.63) is 23.7 Å². The van der Waals surface area contributed by atoms with E-state index in [-0.39, 0.29) is 12.1 Å². The second kappa shape index (κ2) is 5.58. The van der Waals surface area contributed by atoms with Crippen LogP contribution in [0, 0.1) is 0 Å². The van der Waals surface area contributed by atoms with Gasteiger partial charge >= 0.3 is 0 Å². The number of aliphatic hydroxyl groups excluding tert-OH is 1. The maximum Gasteiger partial charge on any atom is 0.118 e. The monoisotopic (exact) mass is 229 g/mol. The predicted molar refractivity (Wildman–Crippen MR) is 63.9 cm³/mol. The molecular weight excluding hydrogens is 210 g/mol. The Morgan fingerprint density at radius 1 is 1.40 bits per heavy atom. The Morgan fingerprint density at radius 2 is 2.07 bits per heavy atom. The summed E-state index contributed by atoms with van der Waals surface area (Å²) in [6.45, 7) is 4.69. The van der Waals surface area contributed by atoms with E-state index in [1.807, 2.05) is 26.0 Å². The van der Waals surface area contributed by atoms with E-state index in [0.29, 0.717) is 6.54 Å². The molecule has 0 bridgehead atoms. The lowest BCUT2D eigenvalue weighted by Crippen LogP contribution is -2.41. The van der Waals surface area contributed by atoms with Crippen LogP contribution in [0.25, 0.3) is 0 Å². The van der Waals surface area contributed by atoms with Crippen molar-refractivity contribution in [2.24, 2.45) is 0 Å². The van der Waals surface area contributed by atoms with Crippen molar-refractivity contribution in [2.75, 3.05) is 12.9 Å². The highest BCUT2D eigenvalue weighted by atomic mass is 32.2. The molecule has 86 valence electrons. The lowest BCUT2D eigenvalue weighted by atomic mass is 10.1. The molecule has 2 N–H and O–H groups in total.